The van der Waals surface area contributed by atoms with Gasteiger partial charge in [-0.05, 0) is 44.0 Å². The van der Waals surface area contributed by atoms with Crippen LogP contribution in [0.1, 0.15) is 41.8 Å². The van der Waals surface area contributed by atoms with Crippen molar-refractivity contribution in [3.05, 3.63) is 53.2 Å². The van der Waals surface area contributed by atoms with E-state index in [1.807, 2.05) is 25.4 Å². The van der Waals surface area contributed by atoms with Crippen molar-refractivity contribution in [3.63, 3.8) is 0 Å². The van der Waals surface area contributed by atoms with E-state index in [1.165, 1.54) is 16.7 Å². The van der Waals surface area contributed by atoms with E-state index in [0.717, 1.165) is 18.7 Å². The summed E-state index contributed by atoms with van der Waals surface area (Å²) in [5, 5.41) is 3.56. The van der Waals surface area contributed by atoms with Gasteiger partial charge in [-0.2, -0.15) is 0 Å². The van der Waals surface area contributed by atoms with Gasteiger partial charge in [0.25, 0.3) is 0 Å². The maximum atomic E-state index is 5.42. The molecule has 0 aromatic carbocycles. The largest absolute Gasteiger partial charge is 0.469 e. The average molecular weight is 244 g/mol. The lowest BCUT2D eigenvalue weighted by molar-refractivity contribution is 0.517. The smallest absolute Gasteiger partial charge is 0.105 e. The highest BCUT2D eigenvalue weighted by Gasteiger charge is 2.17. The van der Waals surface area contributed by atoms with Crippen LogP contribution >= 0.6 is 0 Å². The van der Waals surface area contributed by atoms with E-state index in [-0.39, 0.29) is 6.04 Å². The van der Waals surface area contributed by atoms with Gasteiger partial charge in [0.2, 0.25) is 0 Å². The first-order valence-corrected chi connectivity index (χ1v) is 6.41. The Bertz CT molecular complexity index is 505. The van der Waals surface area contributed by atoms with E-state index in [9.17, 15) is 0 Å². The molecule has 2 aromatic heterocycles. The minimum Gasteiger partial charge on any atom is -0.469 e. The van der Waals surface area contributed by atoms with Crippen molar-refractivity contribution in [2.24, 2.45) is 0 Å². The fourth-order valence-electron chi connectivity index (χ4n) is 2.13. The fraction of sp³-hybridized carbons (Fsp3) is 0.400. The van der Waals surface area contributed by atoms with E-state index in [0.29, 0.717) is 0 Å². The van der Waals surface area contributed by atoms with Gasteiger partial charge in [-0.3, -0.25) is 4.98 Å². The molecule has 3 nitrogen and oxygen atoms in total. The first kappa shape index (κ1) is 12.8. The Balaban J connectivity index is 2.33. The number of aryl methyl sites for hydroxylation is 2. The van der Waals surface area contributed by atoms with Crippen LogP contribution in [-0.2, 0) is 0 Å². The number of hydrogen-bond acceptors (Lipinski definition) is 3. The predicted molar refractivity (Wildman–Crippen MR) is 72.6 cm³/mol. The van der Waals surface area contributed by atoms with Crippen LogP contribution in [0.4, 0.5) is 0 Å². The van der Waals surface area contributed by atoms with Gasteiger partial charge >= 0.3 is 0 Å². The van der Waals surface area contributed by atoms with Crippen LogP contribution < -0.4 is 5.32 Å². The molecule has 0 amide bonds. The summed E-state index contributed by atoms with van der Waals surface area (Å²) in [5.74, 6) is 0.963. The summed E-state index contributed by atoms with van der Waals surface area (Å²) in [4.78, 5) is 4.28. The molecule has 1 atom stereocenters. The van der Waals surface area contributed by atoms with Crippen molar-refractivity contribution >= 4 is 0 Å². The number of rotatable bonds is 5. The summed E-state index contributed by atoms with van der Waals surface area (Å²) in [5.41, 5.74) is 3.56. The second-order valence-corrected chi connectivity index (χ2v) is 4.61. The van der Waals surface area contributed by atoms with Gasteiger partial charge in [-0.15, -0.1) is 0 Å². The molecule has 0 fully saturated rings. The minimum absolute atomic E-state index is 0.163. The summed E-state index contributed by atoms with van der Waals surface area (Å²) in [7, 11) is 0. The average Bonchev–Trinajstić information content (AvgIpc) is 2.77. The zero-order valence-corrected chi connectivity index (χ0v) is 11.2. The normalized spacial score (nSPS) is 12.6. The Morgan fingerprint density at radius 2 is 2.17 bits per heavy atom. The lowest BCUT2D eigenvalue weighted by Gasteiger charge is -2.18. The molecule has 0 saturated carbocycles. The third-order valence-corrected chi connectivity index (χ3v) is 3.04. The first-order chi connectivity index (χ1) is 8.72. The van der Waals surface area contributed by atoms with Gasteiger partial charge in [0.15, 0.2) is 0 Å². The lowest BCUT2D eigenvalue weighted by Crippen LogP contribution is -2.23. The van der Waals surface area contributed by atoms with Crippen LogP contribution in [-0.4, -0.2) is 11.5 Å². The summed E-state index contributed by atoms with van der Waals surface area (Å²) < 4.78 is 5.42. The molecule has 18 heavy (non-hydrogen) atoms. The van der Waals surface area contributed by atoms with Gasteiger partial charge in [-0.25, -0.2) is 0 Å². The Hall–Kier alpha value is -1.61. The molecule has 2 heterocycles. The summed E-state index contributed by atoms with van der Waals surface area (Å²) in [6, 6.07) is 4.37. The number of nitrogens with one attached hydrogen (secondary N) is 1. The number of nitrogens with zero attached hydrogens (tertiary/aromatic N) is 1. The zero-order valence-electron chi connectivity index (χ0n) is 11.2. The third kappa shape index (κ3) is 2.79. The standard InChI is InChI=1S/C15H20N2O/c1-4-6-17-15(14-5-7-18-12(14)3)13-8-11(2)9-16-10-13/h5,7-10,15,17H,4,6H2,1-3H3. The van der Waals surface area contributed by atoms with Crippen molar-refractivity contribution in [1.29, 1.82) is 0 Å². The SMILES string of the molecule is CCCNC(c1cncc(C)c1)c1ccoc1C. The van der Waals surface area contributed by atoms with Crippen LogP contribution in [0.25, 0.3) is 0 Å². The predicted octanol–water partition coefficient (Wildman–Crippen LogP) is 3.38. The molecule has 0 aliphatic carbocycles. The summed E-state index contributed by atoms with van der Waals surface area (Å²) in [6.07, 6.45) is 6.65. The third-order valence-electron chi connectivity index (χ3n) is 3.04. The maximum absolute atomic E-state index is 5.42. The van der Waals surface area contributed by atoms with E-state index in [2.05, 4.69) is 30.2 Å². The van der Waals surface area contributed by atoms with Crippen LogP contribution in [0.5, 0.6) is 0 Å². The van der Waals surface area contributed by atoms with Crippen molar-refractivity contribution < 1.29 is 4.42 Å². The Morgan fingerprint density at radius 1 is 1.33 bits per heavy atom. The molecule has 2 rings (SSSR count). The molecule has 0 aliphatic rings. The van der Waals surface area contributed by atoms with Gasteiger partial charge in [0.05, 0.1) is 12.3 Å². The van der Waals surface area contributed by atoms with Crippen LogP contribution in [0.3, 0.4) is 0 Å². The van der Waals surface area contributed by atoms with Crippen molar-refractivity contribution in [3.8, 4) is 0 Å². The van der Waals surface area contributed by atoms with Crippen molar-refractivity contribution in [1.82, 2.24) is 10.3 Å². The fourth-order valence-corrected chi connectivity index (χ4v) is 2.13. The molecule has 0 radical (unpaired) electrons. The molecular weight excluding hydrogens is 224 g/mol. The maximum Gasteiger partial charge on any atom is 0.105 e. The molecule has 0 spiro atoms. The number of furan rings is 1. The molecule has 2 aromatic rings. The van der Waals surface area contributed by atoms with Gasteiger partial charge < -0.3 is 9.73 Å². The molecule has 1 N–H and O–H groups in total. The highest BCUT2D eigenvalue weighted by atomic mass is 16.3. The number of pyridine rings is 1. The quantitative estimate of drug-likeness (QED) is 0.876. The number of aromatic nitrogens is 1. The van der Waals surface area contributed by atoms with Crippen LogP contribution in [0.15, 0.2) is 35.2 Å². The lowest BCUT2D eigenvalue weighted by atomic mass is 9.99. The van der Waals surface area contributed by atoms with Crippen molar-refractivity contribution in [2.75, 3.05) is 6.54 Å². The highest BCUT2D eigenvalue weighted by Crippen LogP contribution is 2.25. The Morgan fingerprint density at radius 3 is 2.78 bits per heavy atom. The van der Waals surface area contributed by atoms with E-state index in [1.54, 1.807) is 6.26 Å². The Kier molecular flexibility index (Phi) is 4.15. The van der Waals surface area contributed by atoms with E-state index in [4.69, 9.17) is 4.42 Å². The molecule has 96 valence electrons. The molecule has 3 heteroatoms. The molecule has 0 saturated heterocycles. The molecular formula is C15H20N2O. The minimum atomic E-state index is 0.163. The Labute approximate surface area is 108 Å². The van der Waals surface area contributed by atoms with Crippen LogP contribution in [0.2, 0.25) is 0 Å². The molecule has 0 aliphatic heterocycles. The van der Waals surface area contributed by atoms with Gasteiger partial charge in [0.1, 0.15) is 5.76 Å². The summed E-state index contributed by atoms with van der Waals surface area (Å²) in [6.45, 7) is 7.21. The van der Waals surface area contributed by atoms with Gasteiger partial charge in [0, 0.05) is 18.0 Å². The zero-order chi connectivity index (χ0) is 13.0. The van der Waals surface area contributed by atoms with Crippen molar-refractivity contribution in [2.45, 2.75) is 33.2 Å². The monoisotopic (exact) mass is 244 g/mol. The second-order valence-electron chi connectivity index (χ2n) is 4.61. The van der Waals surface area contributed by atoms with E-state index < -0.39 is 0 Å². The highest BCUT2D eigenvalue weighted by molar-refractivity contribution is 5.32. The first-order valence-electron chi connectivity index (χ1n) is 6.41. The topological polar surface area (TPSA) is 38.1 Å². The van der Waals surface area contributed by atoms with Crippen LogP contribution in [0, 0.1) is 13.8 Å². The van der Waals surface area contributed by atoms with Gasteiger partial charge in [-0.1, -0.05) is 13.0 Å². The summed E-state index contributed by atoms with van der Waals surface area (Å²) >= 11 is 0. The van der Waals surface area contributed by atoms with E-state index >= 15 is 0 Å². The number of hydrogen-bond donors (Lipinski definition) is 1. The molecule has 0 bridgehead atoms. The molecule has 1 unspecified atom stereocenters. The second kappa shape index (κ2) is 5.83.